The third-order valence-electron chi connectivity index (χ3n) is 5.01. The molecule has 10 nitrogen and oxygen atoms in total. The number of carbonyl (C=O) groups is 1. The van der Waals surface area contributed by atoms with Crippen LogP contribution in [0.3, 0.4) is 0 Å². The van der Waals surface area contributed by atoms with Crippen LogP contribution in [0, 0.1) is 13.8 Å². The van der Waals surface area contributed by atoms with Gasteiger partial charge in [0.25, 0.3) is 5.91 Å². The van der Waals surface area contributed by atoms with Crippen LogP contribution in [0.25, 0.3) is 0 Å². The lowest BCUT2D eigenvalue weighted by Gasteiger charge is -2.36. The number of hydrogen-bond donors (Lipinski definition) is 2. The lowest BCUT2D eigenvalue weighted by molar-refractivity contribution is 0.0660. The maximum atomic E-state index is 12.6. The van der Waals surface area contributed by atoms with Crippen LogP contribution in [-0.2, 0) is 6.54 Å². The molecule has 0 saturated carbocycles. The molecule has 1 aliphatic rings. The molecule has 0 atom stereocenters. The second-order valence-corrected chi connectivity index (χ2v) is 7.92. The normalized spacial score (nSPS) is 14.3. The number of aliphatic imine (C=N–C) groups is 1. The van der Waals surface area contributed by atoms with Gasteiger partial charge in [0, 0.05) is 37.6 Å². The molecule has 0 spiro atoms. The van der Waals surface area contributed by atoms with Crippen LogP contribution in [0.1, 0.15) is 27.7 Å². The number of aryl methyl sites for hydroxylation is 2. The van der Waals surface area contributed by atoms with E-state index >= 15 is 0 Å². The molecule has 33 heavy (non-hydrogen) atoms. The molecular formula is C22H25N7O3S. The fourth-order valence-electron chi connectivity index (χ4n) is 3.45. The summed E-state index contributed by atoms with van der Waals surface area (Å²) in [4.78, 5) is 29.9. The first-order chi connectivity index (χ1) is 16.0. The van der Waals surface area contributed by atoms with E-state index < -0.39 is 0 Å². The van der Waals surface area contributed by atoms with Crippen molar-refractivity contribution in [2.45, 2.75) is 20.4 Å². The van der Waals surface area contributed by atoms with Gasteiger partial charge < -0.3 is 24.0 Å². The minimum absolute atomic E-state index is 0.126. The second kappa shape index (κ2) is 10.3. The molecule has 1 saturated heterocycles. The Kier molecular flexibility index (Phi) is 6.98. The number of nitrogens with one attached hydrogen (secondary N) is 2. The number of carbonyl (C=O) groups excluding carboxylic acids is 1. The molecule has 3 aromatic heterocycles. The van der Waals surface area contributed by atoms with Gasteiger partial charge in [-0.25, -0.2) is 9.97 Å². The van der Waals surface area contributed by atoms with Crippen molar-refractivity contribution in [3.8, 4) is 0 Å². The van der Waals surface area contributed by atoms with Crippen LogP contribution >= 0.6 is 12.2 Å². The number of anilines is 1. The molecule has 1 amide bonds. The van der Waals surface area contributed by atoms with E-state index in [2.05, 4.69) is 25.6 Å². The van der Waals surface area contributed by atoms with Gasteiger partial charge in [-0.15, -0.1) is 0 Å². The molecule has 172 valence electrons. The van der Waals surface area contributed by atoms with Crippen LogP contribution < -0.4 is 10.6 Å². The lowest BCUT2D eigenvalue weighted by atomic mass is 10.3. The summed E-state index contributed by atoms with van der Waals surface area (Å²) in [5, 5.41) is 6.58. The van der Waals surface area contributed by atoms with Crippen LogP contribution in [0.2, 0.25) is 0 Å². The Labute approximate surface area is 196 Å². The van der Waals surface area contributed by atoms with Crippen LogP contribution in [0.4, 0.5) is 5.95 Å². The van der Waals surface area contributed by atoms with Crippen molar-refractivity contribution < 1.29 is 13.6 Å². The zero-order valence-electron chi connectivity index (χ0n) is 18.4. The van der Waals surface area contributed by atoms with Crippen molar-refractivity contribution in [3.63, 3.8) is 0 Å². The van der Waals surface area contributed by atoms with Gasteiger partial charge in [0.2, 0.25) is 11.9 Å². The largest absolute Gasteiger partial charge is 0.467 e. The van der Waals surface area contributed by atoms with Gasteiger partial charge in [0.1, 0.15) is 5.76 Å². The van der Waals surface area contributed by atoms with E-state index in [1.54, 1.807) is 23.3 Å². The predicted molar refractivity (Wildman–Crippen MR) is 127 cm³/mol. The zero-order chi connectivity index (χ0) is 23.2. The molecule has 0 bridgehead atoms. The number of thiocarbonyl (C=S) groups is 1. The highest BCUT2D eigenvalue weighted by Crippen LogP contribution is 2.12. The average molecular weight is 468 g/mol. The number of amides is 1. The number of hydrogen-bond acceptors (Lipinski definition) is 6. The Hall–Kier alpha value is -3.73. The second-order valence-electron chi connectivity index (χ2n) is 7.53. The van der Waals surface area contributed by atoms with Crippen LogP contribution in [0.15, 0.2) is 56.7 Å². The standard InChI is InChI=1S/C22H25N7O3S/c1-15-13-16(2)25-20(24-15)26-21(27-22(33)23-14-17-5-3-11-31-17)29-9-7-28(8-10-29)19(30)18-6-4-12-32-18/h3-6,11-13H,7-10,14H2,1-2H3,(H2,23,24,25,26,27,33). The van der Waals surface area contributed by atoms with Gasteiger partial charge in [0.05, 0.1) is 19.1 Å². The molecule has 4 heterocycles. The molecule has 0 aromatic carbocycles. The van der Waals surface area contributed by atoms with Gasteiger partial charge >= 0.3 is 0 Å². The maximum absolute atomic E-state index is 12.6. The number of piperazine rings is 1. The minimum atomic E-state index is -0.126. The Morgan fingerprint density at radius 2 is 1.73 bits per heavy atom. The average Bonchev–Trinajstić information content (AvgIpc) is 3.51. The van der Waals surface area contributed by atoms with Crippen molar-refractivity contribution in [2.24, 2.45) is 4.99 Å². The van der Waals surface area contributed by atoms with E-state index in [1.165, 1.54) is 6.26 Å². The maximum Gasteiger partial charge on any atom is 0.289 e. The Morgan fingerprint density at radius 1 is 1.06 bits per heavy atom. The first-order valence-corrected chi connectivity index (χ1v) is 10.9. The van der Waals surface area contributed by atoms with Gasteiger partial charge in [-0.3, -0.25) is 10.1 Å². The summed E-state index contributed by atoms with van der Waals surface area (Å²) in [7, 11) is 0. The SMILES string of the molecule is Cc1cc(C)nc(N/C(=N/C(=S)NCc2ccco2)N2CCN(C(=O)c3ccco3)CC2)n1. The monoisotopic (exact) mass is 467 g/mol. The van der Waals surface area contributed by atoms with Crippen molar-refractivity contribution in [1.29, 1.82) is 0 Å². The Morgan fingerprint density at radius 3 is 2.36 bits per heavy atom. The van der Waals surface area contributed by atoms with Gasteiger partial charge in [-0.2, -0.15) is 4.99 Å². The summed E-state index contributed by atoms with van der Waals surface area (Å²) >= 11 is 5.43. The highest BCUT2D eigenvalue weighted by atomic mass is 32.1. The summed E-state index contributed by atoms with van der Waals surface area (Å²) in [5.74, 6) is 1.92. The zero-order valence-corrected chi connectivity index (χ0v) is 19.3. The molecule has 1 fully saturated rings. The first kappa shape index (κ1) is 22.5. The quantitative estimate of drug-likeness (QED) is 0.340. The molecule has 1 aliphatic heterocycles. The molecule has 3 aromatic rings. The van der Waals surface area contributed by atoms with E-state index in [0.717, 1.165) is 17.1 Å². The number of aromatic nitrogens is 2. The molecule has 0 radical (unpaired) electrons. The highest BCUT2D eigenvalue weighted by molar-refractivity contribution is 7.80. The van der Waals surface area contributed by atoms with E-state index in [1.807, 2.05) is 36.9 Å². The van der Waals surface area contributed by atoms with Crippen LogP contribution in [0.5, 0.6) is 0 Å². The molecule has 11 heteroatoms. The third-order valence-corrected chi connectivity index (χ3v) is 5.24. The topological polar surface area (TPSA) is 112 Å². The van der Waals surface area contributed by atoms with E-state index in [0.29, 0.717) is 55.5 Å². The van der Waals surface area contributed by atoms with Crippen molar-refractivity contribution >= 4 is 35.1 Å². The fraction of sp³-hybridized carbons (Fsp3) is 0.318. The fourth-order valence-corrected chi connectivity index (χ4v) is 3.61. The van der Waals surface area contributed by atoms with Crippen molar-refractivity contribution in [1.82, 2.24) is 25.1 Å². The first-order valence-electron chi connectivity index (χ1n) is 10.5. The number of nitrogens with zero attached hydrogens (tertiary/aromatic N) is 5. The van der Waals surface area contributed by atoms with Crippen molar-refractivity contribution in [2.75, 3.05) is 31.5 Å². The van der Waals surface area contributed by atoms with Crippen LogP contribution in [-0.4, -0.2) is 62.9 Å². The molecule has 2 N–H and O–H groups in total. The van der Waals surface area contributed by atoms with E-state index in [-0.39, 0.29) is 5.91 Å². The summed E-state index contributed by atoms with van der Waals surface area (Å²) in [5.41, 5.74) is 1.69. The Balaban J connectivity index is 1.47. The number of rotatable bonds is 4. The molecule has 0 unspecified atom stereocenters. The van der Waals surface area contributed by atoms with Gasteiger partial charge in [0.15, 0.2) is 10.9 Å². The summed E-state index contributed by atoms with van der Waals surface area (Å²) in [6, 6.07) is 8.95. The van der Waals surface area contributed by atoms with Gasteiger partial charge in [-0.1, -0.05) is 0 Å². The molecular weight excluding hydrogens is 442 g/mol. The molecule has 4 rings (SSSR count). The minimum Gasteiger partial charge on any atom is -0.467 e. The van der Waals surface area contributed by atoms with E-state index in [4.69, 9.17) is 21.1 Å². The summed E-state index contributed by atoms with van der Waals surface area (Å²) in [6.45, 7) is 6.39. The highest BCUT2D eigenvalue weighted by Gasteiger charge is 2.26. The van der Waals surface area contributed by atoms with E-state index in [9.17, 15) is 4.79 Å². The smallest absolute Gasteiger partial charge is 0.289 e. The predicted octanol–water partition coefficient (Wildman–Crippen LogP) is 2.58. The van der Waals surface area contributed by atoms with Gasteiger partial charge in [-0.05, 0) is 56.4 Å². The third kappa shape index (κ3) is 5.95. The number of furan rings is 2. The summed E-state index contributed by atoms with van der Waals surface area (Å²) < 4.78 is 10.6. The lowest BCUT2D eigenvalue weighted by Crippen LogP contribution is -2.52. The number of guanidine groups is 1. The molecule has 0 aliphatic carbocycles. The Bertz CT molecular complexity index is 1100. The van der Waals surface area contributed by atoms with Crippen molar-refractivity contribution in [3.05, 3.63) is 65.8 Å². The summed E-state index contributed by atoms with van der Waals surface area (Å²) in [6.07, 6.45) is 3.11.